The van der Waals surface area contributed by atoms with Crippen molar-refractivity contribution in [2.75, 3.05) is 0 Å². The Hall–Kier alpha value is -0.640. The maximum atomic E-state index is 10.3. The van der Waals surface area contributed by atoms with E-state index in [-0.39, 0.29) is 12.0 Å². The van der Waals surface area contributed by atoms with Crippen LogP contribution >= 0.6 is 0 Å². The van der Waals surface area contributed by atoms with Crippen LogP contribution in [-0.2, 0) is 4.89 Å². The lowest BCUT2D eigenvalue weighted by Crippen LogP contribution is -2.50. The Morgan fingerprint density at radius 1 is 1.16 bits per heavy atom. The normalized spacial score (nSPS) is 44.1. The molecule has 3 heteroatoms. The first kappa shape index (κ1) is 24.5. The van der Waals surface area contributed by atoms with Crippen LogP contribution in [0.3, 0.4) is 0 Å². The summed E-state index contributed by atoms with van der Waals surface area (Å²) >= 11 is 0. The Bertz CT molecular complexity index is 728. The first-order chi connectivity index (χ1) is 15.1. The standard InChI is InChI=1S/C29H48O3/c1-7-29(32-31,19(2)3)17-12-20(4)24-10-11-25-23-9-8-21-18-22(30)13-15-27(21,5)26(23)14-16-28(24,25)6/h7-8,19-20,22-26,30-31H,1,9-18H2,2-6H3/t20-,22+,23?,24-,25?,26?,27+,28-,29?/m1/s1. The van der Waals surface area contributed by atoms with Crippen molar-refractivity contribution < 1.29 is 15.3 Å². The summed E-state index contributed by atoms with van der Waals surface area (Å²) in [5.74, 6) is 4.05. The van der Waals surface area contributed by atoms with Crippen LogP contribution in [0.25, 0.3) is 0 Å². The summed E-state index contributed by atoms with van der Waals surface area (Å²) in [4.78, 5) is 4.99. The van der Waals surface area contributed by atoms with Gasteiger partial charge < -0.3 is 5.11 Å². The van der Waals surface area contributed by atoms with Crippen LogP contribution in [0.1, 0.15) is 98.8 Å². The number of allylic oxidation sites excluding steroid dienone is 1. The van der Waals surface area contributed by atoms with Crippen LogP contribution in [0.5, 0.6) is 0 Å². The van der Waals surface area contributed by atoms with Gasteiger partial charge in [-0.1, -0.05) is 52.3 Å². The highest BCUT2D eigenvalue weighted by Crippen LogP contribution is 2.67. The summed E-state index contributed by atoms with van der Waals surface area (Å²) in [6, 6.07) is 0. The Morgan fingerprint density at radius 3 is 2.56 bits per heavy atom. The molecule has 32 heavy (non-hydrogen) atoms. The molecule has 3 saturated carbocycles. The number of aliphatic hydroxyl groups excluding tert-OH is 1. The summed E-state index contributed by atoms with van der Waals surface area (Å²) in [5, 5.41) is 19.9. The number of fused-ring (bicyclic) bond motifs is 5. The molecule has 0 heterocycles. The van der Waals surface area contributed by atoms with Gasteiger partial charge in [-0.2, -0.15) is 0 Å². The maximum absolute atomic E-state index is 10.3. The summed E-state index contributed by atoms with van der Waals surface area (Å²) in [6.45, 7) is 15.7. The van der Waals surface area contributed by atoms with Gasteiger partial charge >= 0.3 is 0 Å². The third-order valence-corrected chi connectivity index (χ3v) is 11.3. The van der Waals surface area contributed by atoms with Crippen molar-refractivity contribution in [1.29, 1.82) is 0 Å². The van der Waals surface area contributed by atoms with Crippen LogP contribution < -0.4 is 0 Å². The topological polar surface area (TPSA) is 49.7 Å². The van der Waals surface area contributed by atoms with Gasteiger partial charge in [0, 0.05) is 0 Å². The van der Waals surface area contributed by atoms with Crippen molar-refractivity contribution in [3.8, 4) is 0 Å². The molecule has 3 fully saturated rings. The average molecular weight is 445 g/mol. The molecular weight excluding hydrogens is 396 g/mol. The van der Waals surface area contributed by atoms with E-state index in [0.717, 1.165) is 49.4 Å². The van der Waals surface area contributed by atoms with E-state index in [4.69, 9.17) is 4.89 Å². The summed E-state index contributed by atoms with van der Waals surface area (Å²) in [7, 11) is 0. The maximum Gasteiger partial charge on any atom is 0.123 e. The van der Waals surface area contributed by atoms with E-state index in [1.165, 1.54) is 38.5 Å². The van der Waals surface area contributed by atoms with Gasteiger partial charge in [0.1, 0.15) is 5.60 Å². The molecule has 0 aromatic heterocycles. The molecule has 0 aliphatic heterocycles. The van der Waals surface area contributed by atoms with E-state index in [9.17, 15) is 10.4 Å². The molecule has 4 aliphatic carbocycles. The largest absolute Gasteiger partial charge is 0.393 e. The van der Waals surface area contributed by atoms with Crippen LogP contribution in [0.15, 0.2) is 24.3 Å². The van der Waals surface area contributed by atoms with Crippen molar-refractivity contribution in [1.82, 2.24) is 0 Å². The molecule has 182 valence electrons. The molecule has 4 unspecified atom stereocenters. The number of rotatable bonds is 7. The molecule has 0 amide bonds. The fourth-order valence-corrected chi connectivity index (χ4v) is 9.09. The Morgan fingerprint density at radius 2 is 1.91 bits per heavy atom. The van der Waals surface area contributed by atoms with Gasteiger partial charge in [-0.3, -0.25) is 5.26 Å². The predicted octanol–water partition coefficient (Wildman–Crippen LogP) is 7.41. The summed E-state index contributed by atoms with van der Waals surface area (Å²) in [5.41, 5.74) is 1.70. The smallest absolute Gasteiger partial charge is 0.123 e. The Kier molecular flexibility index (Phi) is 6.78. The fourth-order valence-electron chi connectivity index (χ4n) is 9.09. The van der Waals surface area contributed by atoms with Gasteiger partial charge in [0.25, 0.3) is 0 Å². The molecule has 4 aliphatic rings. The third kappa shape index (κ3) is 3.75. The van der Waals surface area contributed by atoms with E-state index in [1.807, 2.05) is 6.08 Å². The lowest BCUT2D eigenvalue weighted by atomic mass is 9.47. The number of aliphatic hydroxyl groups is 1. The quantitative estimate of drug-likeness (QED) is 0.244. The average Bonchev–Trinajstić information content (AvgIpc) is 3.12. The Balaban J connectivity index is 1.49. The molecular formula is C29H48O3. The molecule has 0 aromatic carbocycles. The lowest BCUT2D eigenvalue weighted by Gasteiger charge is -2.58. The number of hydrogen-bond acceptors (Lipinski definition) is 3. The van der Waals surface area contributed by atoms with Crippen LogP contribution in [-0.4, -0.2) is 22.1 Å². The van der Waals surface area contributed by atoms with Crippen molar-refractivity contribution in [3.05, 3.63) is 24.3 Å². The van der Waals surface area contributed by atoms with Gasteiger partial charge in [-0.15, -0.1) is 6.58 Å². The van der Waals surface area contributed by atoms with E-state index in [1.54, 1.807) is 5.57 Å². The molecule has 0 aromatic rings. The third-order valence-electron chi connectivity index (χ3n) is 11.3. The summed E-state index contributed by atoms with van der Waals surface area (Å²) in [6.07, 6.45) is 15.9. The van der Waals surface area contributed by atoms with Crippen LogP contribution in [0.2, 0.25) is 0 Å². The highest BCUT2D eigenvalue weighted by molar-refractivity contribution is 5.25. The molecule has 0 spiro atoms. The van der Waals surface area contributed by atoms with E-state index in [0.29, 0.717) is 16.7 Å². The predicted molar refractivity (Wildman–Crippen MR) is 131 cm³/mol. The zero-order valence-electron chi connectivity index (χ0n) is 21.3. The fraction of sp³-hybridized carbons (Fsp3) is 0.862. The van der Waals surface area contributed by atoms with Crippen LogP contribution in [0.4, 0.5) is 0 Å². The Labute approximate surface area is 196 Å². The second-order valence-electron chi connectivity index (χ2n) is 12.8. The SMILES string of the molecule is C=CC(CC[C@@H](C)[C@H]1CCC2C3CC=C4C[C@@H](O)CC[C@]4(C)C3CC[C@@]21C)(OO)C(C)C. The second-order valence-corrected chi connectivity index (χ2v) is 12.8. The zero-order valence-corrected chi connectivity index (χ0v) is 21.3. The first-order valence-corrected chi connectivity index (χ1v) is 13.4. The van der Waals surface area contributed by atoms with Crippen LogP contribution in [0, 0.1) is 46.3 Å². The monoisotopic (exact) mass is 444 g/mol. The van der Waals surface area contributed by atoms with Crippen molar-refractivity contribution in [3.63, 3.8) is 0 Å². The first-order valence-electron chi connectivity index (χ1n) is 13.4. The van der Waals surface area contributed by atoms with Gasteiger partial charge in [0.2, 0.25) is 0 Å². The molecule has 2 N–H and O–H groups in total. The summed E-state index contributed by atoms with van der Waals surface area (Å²) < 4.78 is 0. The van der Waals surface area contributed by atoms with Gasteiger partial charge in [-0.25, -0.2) is 4.89 Å². The lowest BCUT2D eigenvalue weighted by molar-refractivity contribution is -0.321. The van der Waals surface area contributed by atoms with Crippen molar-refractivity contribution >= 4 is 0 Å². The molecule has 0 bridgehead atoms. The van der Waals surface area contributed by atoms with Gasteiger partial charge in [0.05, 0.1) is 6.10 Å². The van der Waals surface area contributed by atoms with Crippen molar-refractivity contribution in [2.45, 2.75) is 111 Å². The zero-order chi connectivity index (χ0) is 23.3. The molecule has 3 nitrogen and oxygen atoms in total. The second kappa shape index (κ2) is 8.86. The minimum Gasteiger partial charge on any atom is -0.393 e. The van der Waals surface area contributed by atoms with Crippen molar-refractivity contribution in [2.24, 2.45) is 46.3 Å². The highest BCUT2D eigenvalue weighted by atomic mass is 17.1. The minimum atomic E-state index is -0.629. The molecule has 4 rings (SSSR count). The molecule has 0 saturated heterocycles. The molecule has 0 radical (unpaired) electrons. The molecule has 9 atom stereocenters. The van der Waals surface area contributed by atoms with E-state index in [2.05, 4.69) is 47.3 Å². The van der Waals surface area contributed by atoms with E-state index >= 15 is 0 Å². The van der Waals surface area contributed by atoms with E-state index < -0.39 is 5.60 Å². The van der Waals surface area contributed by atoms with Gasteiger partial charge in [0.15, 0.2) is 0 Å². The highest BCUT2D eigenvalue weighted by Gasteiger charge is 2.59. The van der Waals surface area contributed by atoms with Gasteiger partial charge in [-0.05, 0) is 111 Å². The minimum absolute atomic E-state index is 0.118. The number of hydrogen-bond donors (Lipinski definition) is 2.